The lowest BCUT2D eigenvalue weighted by atomic mass is 9.82. The largest absolute Gasteiger partial charge is 0.342 e. The Labute approximate surface area is 171 Å². The van der Waals surface area contributed by atoms with E-state index in [4.69, 9.17) is 0 Å². The summed E-state index contributed by atoms with van der Waals surface area (Å²) in [6, 6.07) is 12.7. The summed E-state index contributed by atoms with van der Waals surface area (Å²) in [5.74, 6) is -0.413. The minimum atomic E-state index is -3.69. The highest BCUT2D eigenvalue weighted by atomic mass is 32.2. The summed E-state index contributed by atoms with van der Waals surface area (Å²) < 4.78 is 40.7. The quantitative estimate of drug-likeness (QED) is 0.832. The SMILES string of the molecule is O=C(C1CCCc2ccccc21)N1CCC(NS(=O)(=O)c2ccc(F)cc2)CC1. The van der Waals surface area contributed by atoms with Gasteiger partial charge in [0.05, 0.1) is 10.8 Å². The summed E-state index contributed by atoms with van der Waals surface area (Å²) in [5, 5.41) is 0. The molecule has 0 bridgehead atoms. The van der Waals surface area contributed by atoms with E-state index in [-0.39, 0.29) is 22.8 Å². The number of piperidine rings is 1. The van der Waals surface area contributed by atoms with E-state index in [2.05, 4.69) is 16.9 Å². The number of amides is 1. The van der Waals surface area contributed by atoms with Crippen LogP contribution in [0.1, 0.15) is 42.7 Å². The molecule has 154 valence electrons. The molecule has 1 heterocycles. The van der Waals surface area contributed by atoms with Crippen LogP contribution < -0.4 is 4.72 Å². The van der Waals surface area contributed by atoms with E-state index in [9.17, 15) is 17.6 Å². The molecule has 7 heteroatoms. The summed E-state index contributed by atoms with van der Waals surface area (Å²) in [6.45, 7) is 1.07. The molecule has 2 aromatic rings. The van der Waals surface area contributed by atoms with Gasteiger partial charge >= 0.3 is 0 Å². The lowest BCUT2D eigenvalue weighted by Gasteiger charge is -2.36. The molecular formula is C22H25FN2O3S. The monoisotopic (exact) mass is 416 g/mol. The Kier molecular flexibility index (Phi) is 5.69. The van der Waals surface area contributed by atoms with Crippen LogP contribution >= 0.6 is 0 Å². The van der Waals surface area contributed by atoms with E-state index < -0.39 is 15.8 Å². The number of hydrogen-bond acceptors (Lipinski definition) is 3. The Morgan fingerprint density at radius 2 is 1.69 bits per heavy atom. The molecule has 0 saturated carbocycles. The molecule has 2 aromatic carbocycles. The molecule has 1 aliphatic heterocycles. The smallest absolute Gasteiger partial charge is 0.240 e. The zero-order valence-electron chi connectivity index (χ0n) is 16.2. The van der Waals surface area contributed by atoms with Crippen molar-refractivity contribution in [2.75, 3.05) is 13.1 Å². The van der Waals surface area contributed by atoms with Crippen LogP contribution in [0, 0.1) is 5.82 Å². The van der Waals surface area contributed by atoms with Crippen LogP contribution in [-0.2, 0) is 21.2 Å². The molecule has 0 aromatic heterocycles. The van der Waals surface area contributed by atoms with E-state index in [1.807, 2.05) is 17.0 Å². The number of carbonyl (C=O) groups is 1. The molecule has 1 saturated heterocycles. The van der Waals surface area contributed by atoms with Crippen molar-refractivity contribution in [2.24, 2.45) is 0 Å². The number of aryl methyl sites for hydroxylation is 1. The Morgan fingerprint density at radius 3 is 2.41 bits per heavy atom. The standard InChI is InChI=1S/C22H25FN2O3S/c23-17-8-10-19(11-9-17)29(27,28)24-18-12-14-25(15-13-18)22(26)21-7-3-5-16-4-1-2-6-20(16)21/h1-2,4,6,8-11,18,21,24H,3,5,7,12-15H2. The maximum absolute atomic E-state index is 13.1. The van der Waals surface area contributed by atoms with Crippen LogP contribution in [0.4, 0.5) is 4.39 Å². The van der Waals surface area contributed by atoms with Crippen molar-refractivity contribution in [3.8, 4) is 0 Å². The van der Waals surface area contributed by atoms with Crippen molar-refractivity contribution in [1.82, 2.24) is 9.62 Å². The third kappa shape index (κ3) is 4.36. The van der Waals surface area contributed by atoms with Gasteiger partial charge in [0, 0.05) is 19.1 Å². The molecule has 0 radical (unpaired) electrons. The van der Waals surface area contributed by atoms with Gasteiger partial charge in [-0.1, -0.05) is 24.3 Å². The van der Waals surface area contributed by atoms with Gasteiger partial charge in [-0.15, -0.1) is 0 Å². The Bertz CT molecular complexity index is 983. The maximum atomic E-state index is 13.1. The molecule has 1 amide bonds. The summed E-state index contributed by atoms with van der Waals surface area (Å²) in [6.07, 6.45) is 4.04. The van der Waals surface area contributed by atoms with Gasteiger partial charge in [0.25, 0.3) is 0 Å². The number of halogens is 1. The van der Waals surface area contributed by atoms with Crippen LogP contribution in [0.15, 0.2) is 53.4 Å². The second-order valence-electron chi connectivity index (χ2n) is 7.82. The van der Waals surface area contributed by atoms with Crippen LogP contribution in [0.3, 0.4) is 0 Å². The van der Waals surface area contributed by atoms with E-state index in [1.54, 1.807) is 0 Å². The highest BCUT2D eigenvalue weighted by Crippen LogP contribution is 2.33. The molecule has 1 fully saturated rings. The minimum Gasteiger partial charge on any atom is -0.342 e. The molecule has 0 spiro atoms. The highest BCUT2D eigenvalue weighted by molar-refractivity contribution is 7.89. The first kappa shape index (κ1) is 20.0. The lowest BCUT2D eigenvalue weighted by molar-refractivity contribution is -0.134. The van der Waals surface area contributed by atoms with Crippen molar-refractivity contribution >= 4 is 15.9 Å². The third-order valence-electron chi connectivity index (χ3n) is 5.92. The summed E-state index contributed by atoms with van der Waals surface area (Å²) in [4.78, 5) is 15.0. The van der Waals surface area contributed by atoms with Crippen molar-refractivity contribution < 1.29 is 17.6 Å². The van der Waals surface area contributed by atoms with Crippen LogP contribution in [0.25, 0.3) is 0 Å². The zero-order valence-corrected chi connectivity index (χ0v) is 17.0. The number of carbonyl (C=O) groups excluding carboxylic acids is 1. The fraction of sp³-hybridized carbons (Fsp3) is 0.409. The van der Waals surface area contributed by atoms with Crippen LogP contribution in [-0.4, -0.2) is 38.4 Å². The van der Waals surface area contributed by atoms with Crippen molar-refractivity contribution in [3.05, 3.63) is 65.5 Å². The lowest BCUT2D eigenvalue weighted by Crippen LogP contribution is -2.47. The van der Waals surface area contributed by atoms with Crippen molar-refractivity contribution in [1.29, 1.82) is 0 Å². The molecule has 1 aliphatic carbocycles. The van der Waals surface area contributed by atoms with Gasteiger partial charge in [-0.3, -0.25) is 4.79 Å². The Morgan fingerprint density at radius 1 is 1.00 bits per heavy atom. The number of benzene rings is 2. The van der Waals surface area contributed by atoms with Gasteiger partial charge in [-0.05, 0) is 67.5 Å². The summed E-state index contributed by atoms with van der Waals surface area (Å²) in [5.41, 5.74) is 2.40. The molecule has 29 heavy (non-hydrogen) atoms. The van der Waals surface area contributed by atoms with Crippen LogP contribution in [0.2, 0.25) is 0 Å². The maximum Gasteiger partial charge on any atom is 0.240 e. The van der Waals surface area contributed by atoms with Gasteiger partial charge in [0.1, 0.15) is 5.82 Å². The Balaban J connectivity index is 1.37. The number of sulfonamides is 1. The molecule has 1 unspecified atom stereocenters. The number of nitrogens with one attached hydrogen (secondary N) is 1. The van der Waals surface area contributed by atoms with Crippen molar-refractivity contribution in [2.45, 2.75) is 49.0 Å². The number of rotatable bonds is 4. The van der Waals surface area contributed by atoms with Gasteiger partial charge in [0.2, 0.25) is 15.9 Å². The second-order valence-corrected chi connectivity index (χ2v) is 9.53. The number of hydrogen-bond donors (Lipinski definition) is 1. The first-order valence-electron chi connectivity index (χ1n) is 10.1. The first-order chi connectivity index (χ1) is 13.9. The van der Waals surface area contributed by atoms with Gasteiger partial charge in [-0.25, -0.2) is 17.5 Å². The fourth-order valence-corrected chi connectivity index (χ4v) is 5.65. The predicted molar refractivity (Wildman–Crippen MR) is 108 cm³/mol. The van der Waals surface area contributed by atoms with Crippen LogP contribution in [0.5, 0.6) is 0 Å². The predicted octanol–water partition coefficient (Wildman–Crippen LogP) is 3.22. The summed E-state index contributed by atoms with van der Waals surface area (Å²) in [7, 11) is -3.69. The third-order valence-corrected chi connectivity index (χ3v) is 7.46. The number of fused-ring (bicyclic) bond motifs is 1. The van der Waals surface area contributed by atoms with E-state index in [0.29, 0.717) is 25.9 Å². The average molecular weight is 417 g/mol. The van der Waals surface area contributed by atoms with E-state index >= 15 is 0 Å². The molecule has 1 atom stereocenters. The molecule has 4 rings (SSSR count). The second kappa shape index (κ2) is 8.24. The summed E-state index contributed by atoms with van der Waals surface area (Å²) >= 11 is 0. The molecule has 1 N–H and O–H groups in total. The normalized spacial score (nSPS) is 20.3. The topological polar surface area (TPSA) is 66.5 Å². The van der Waals surface area contributed by atoms with E-state index in [1.165, 1.54) is 17.7 Å². The first-order valence-corrected chi connectivity index (χ1v) is 11.6. The zero-order chi connectivity index (χ0) is 20.4. The fourth-order valence-electron chi connectivity index (χ4n) is 4.35. The average Bonchev–Trinajstić information content (AvgIpc) is 2.73. The minimum absolute atomic E-state index is 0.0521. The molecule has 2 aliphatic rings. The van der Waals surface area contributed by atoms with E-state index in [0.717, 1.165) is 37.0 Å². The number of nitrogens with zero attached hydrogens (tertiary/aromatic N) is 1. The van der Waals surface area contributed by atoms with Gasteiger partial charge < -0.3 is 4.90 Å². The molecule has 5 nitrogen and oxygen atoms in total. The number of likely N-dealkylation sites (tertiary alicyclic amines) is 1. The Hall–Kier alpha value is -2.25. The molecular weight excluding hydrogens is 391 g/mol. The highest BCUT2D eigenvalue weighted by Gasteiger charge is 2.33. The van der Waals surface area contributed by atoms with Crippen molar-refractivity contribution in [3.63, 3.8) is 0 Å². The van der Waals surface area contributed by atoms with Gasteiger partial charge in [0.15, 0.2) is 0 Å². The van der Waals surface area contributed by atoms with Gasteiger partial charge in [-0.2, -0.15) is 0 Å².